The number of likely N-dealkylation sites (N-methyl/N-ethyl adjacent to an activating group) is 1. The molecule has 1 aromatic rings. The Kier molecular flexibility index (Phi) is 4.87. The zero-order chi connectivity index (χ0) is 14.0. The van der Waals surface area contributed by atoms with Gasteiger partial charge in [0.25, 0.3) is 0 Å². The molecular formula is C15H24BrN3. The van der Waals surface area contributed by atoms with E-state index < -0.39 is 0 Å². The van der Waals surface area contributed by atoms with Crippen LogP contribution in [0.25, 0.3) is 0 Å². The molecule has 1 N–H and O–H groups in total. The summed E-state index contributed by atoms with van der Waals surface area (Å²) < 4.78 is 1.19. The Bertz CT molecular complexity index is 433. The summed E-state index contributed by atoms with van der Waals surface area (Å²) in [5.74, 6) is 0.714. The third kappa shape index (κ3) is 3.30. The molecule has 1 saturated heterocycles. The van der Waals surface area contributed by atoms with E-state index in [-0.39, 0.29) is 0 Å². The molecule has 0 amide bonds. The number of benzene rings is 1. The van der Waals surface area contributed by atoms with Gasteiger partial charge >= 0.3 is 0 Å². The Labute approximate surface area is 125 Å². The molecule has 2 rings (SSSR count). The normalized spacial score (nSPS) is 23.4. The molecule has 3 nitrogen and oxygen atoms in total. The van der Waals surface area contributed by atoms with E-state index in [2.05, 4.69) is 70.3 Å². The molecule has 1 aromatic carbocycles. The summed E-state index contributed by atoms with van der Waals surface area (Å²) in [5.41, 5.74) is 2.63. The summed E-state index contributed by atoms with van der Waals surface area (Å²) in [6.07, 6.45) is 0. The molecule has 2 unspecified atom stereocenters. The molecule has 1 aliphatic heterocycles. The zero-order valence-corrected chi connectivity index (χ0v) is 13.9. The number of nitrogens with one attached hydrogen (secondary N) is 1. The average molecular weight is 326 g/mol. The van der Waals surface area contributed by atoms with Gasteiger partial charge in [-0.1, -0.05) is 28.9 Å². The summed E-state index contributed by atoms with van der Waals surface area (Å²) in [6.45, 7) is 5.50. The van der Waals surface area contributed by atoms with E-state index in [1.54, 1.807) is 0 Å². The third-order valence-electron chi connectivity index (χ3n) is 4.00. The fraction of sp³-hybridized carbons (Fsp3) is 0.600. The highest BCUT2D eigenvalue weighted by Gasteiger charge is 2.31. The highest BCUT2D eigenvalue weighted by Crippen LogP contribution is 2.29. The summed E-state index contributed by atoms with van der Waals surface area (Å²) in [5, 5.41) is 3.19. The summed E-state index contributed by atoms with van der Waals surface area (Å²) >= 11 is 3.68. The molecule has 0 radical (unpaired) electrons. The van der Waals surface area contributed by atoms with Crippen molar-refractivity contribution in [2.24, 2.45) is 5.92 Å². The Morgan fingerprint density at radius 2 is 2.11 bits per heavy atom. The number of hydrogen-bond donors (Lipinski definition) is 1. The van der Waals surface area contributed by atoms with Crippen LogP contribution in [-0.4, -0.2) is 45.2 Å². The molecule has 0 aliphatic carbocycles. The second-order valence-electron chi connectivity index (χ2n) is 5.72. The van der Waals surface area contributed by atoms with Crippen molar-refractivity contribution in [3.05, 3.63) is 28.2 Å². The molecule has 1 fully saturated rings. The number of nitrogens with zero attached hydrogens (tertiary/aromatic N) is 2. The van der Waals surface area contributed by atoms with Gasteiger partial charge in [-0.15, -0.1) is 0 Å². The van der Waals surface area contributed by atoms with E-state index in [4.69, 9.17) is 0 Å². The largest absolute Gasteiger partial charge is 0.370 e. The van der Waals surface area contributed by atoms with Crippen LogP contribution in [0.1, 0.15) is 12.5 Å². The molecule has 1 heterocycles. The quantitative estimate of drug-likeness (QED) is 0.917. The van der Waals surface area contributed by atoms with Crippen molar-refractivity contribution in [1.29, 1.82) is 0 Å². The van der Waals surface area contributed by atoms with Crippen LogP contribution in [0, 0.1) is 5.92 Å². The fourth-order valence-corrected chi connectivity index (χ4v) is 3.41. The minimum atomic E-state index is 0.649. The van der Waals surface area contributed by atoms with Gasteiger partial charge < -0.3 is 15.1 Å². The maximum Gasteiger partial charge on any atom is 0.0378 e. The molecular weight excluding hydrogens is 302 g/mol. The molecule has 19 heavy (non-hydrogen) atoms. The molecule has 0 bridgehead atoms. The van der Waals surface area contributed by atoms with Gasteiger partial charge in [0, 0.05) is 35.8 Å². The van der Waals surface area contributed by atoms with Crippen LogP contribution in [0.15, 0.2) is 22.7 Å². The first-order valence-electron chi connectivity index (χ1n) is 6.87. The predicted molar refractivity (Wildman–Crippen MR) is 85.8 cm³/mol. The van der Waals surface area contributed by atoms with Crippen LogP contribution in [0.2, 0.25) is 0 Å². The minimum Gasteiger partial charge on any atom is -0.370 e. The van der Waals surface area contributed by atoms with E-state index in [0.29, 0.717) is 12.0 Å². The Morgan fingerprint density at radius 3 is 2.63 bits per heavy atom. The Morgan fingerprint density at radius 1 is 1.37 bits per heavy atom. The van der Waals surface area contributed by atoms with Gasteiger partial charge in [0.1, 0.15) is 0 Å². The third-order valence-corrected chi connectivity index (χ3v) is 4.74. The van der Waals surface area contributed by atoms with E-state index in [1.165, 1.54) is 15.7 Å². The fourth-order valence-electron chi connectivity index (χ4n) is 2.90. The molecule has 4 heteroatoms. The maximum absolute atomic E-state index is 3.68. The lowest BCUT2D eigenvalue weighted by Crippen LogP contribution is -2.34. The van der Waals surface area contributed by atoms with Crippen LogP contribution in [-0.2, 0) is 6.54 Å². The predicted octanol–water partition coefficient (Wildman–Crippen LogP) is 2.55. The first-order valence-corrected chi connectivity index (χ1v) is 7.66. The molecule has 1 aliphatic rings. The molecule has 0 aromatic heterocycles. The first kappa shape index (κ1) is 14.8. The van der Waals surface area contributed by atoms with Gasteiger partial charge in [-0.25, -0.2) is 0 Å². The lowest BCUT2D eigenvalue weighted by molar-refractivity contribution is 0.266. The van der Waals surface area contributed by atoms with Crippen LogP contribution in [0.4, 0.5) is 5.69 Å². The minimum absolute atomic E-state index is 0.649. The molecule has 0 saturated carbocycles. The first-order chi connectivity index (χ1) is 9.02. The highest BCUT2D eigenvalue weighted by atomic mass is 79.9. The van der Waals surface area contributed by atoms with E-state index in [0.717, 1.165) is 19.6 Å². The van der Waals surface area contributed by atoms with Crippen LogP contribution < -0.4 is 10.2 Å². The molecule has 106 valence electrons. The van der Waals surface area contributed by atoms with E-state index >= 15 is 0 Å². The summed E-state index contributed by atoms with van der Waals surface area (Å²) in [6, 6.07) is 7.35. The van der Waals surface area contributed by atoms with Crippen molar-refractivity contribution < 1.29 is 0 Å². The Balaban J connectivity index is 2.13. The summed E-state index contributed by atoms with van der Waals surface area (Å²) in [4.78, 5) is 4.83. The van der Waals surface area contributed by atoms with Crippen molar-refractivity contribution in [3.63, 3.8) is 0 Å². The van der Waals surface area contributed by atoms with Gasteiger partial charge in [-0.3, -0.25) is 0 Å². The second-order valence-corrected chi connectivity index (χ2v) is 6.57. The highest BCUT2D eigenvalue weighted by molar-refractivity contribution is 9.10. The van der Waals surface area contributed by atoms with Gasteiger partial charge in [0.05, 0.1) is 0 Å². The number of halogens is 1. The van der Waals surface area contributed by atoms with Gasteiger partial charge in [-0.2, -0.15) is 0 Å². The topological polar surface area (TPSA) is 18.5 Å². The smallest absolute Gasteiger partial charge is 0.0378 e. The van der Waals surface area contributed by atoms with Crippen LogP contribution >= 0.6 is 15.9 Å². The SMILES string of the molecule is CNCc1ccc(N2CC(C)C(N(C)C)C2)cc1Br. The Hall–Kier alpha value is -0.580. The van der Waals surface area contributed by atoms with Crippen molar-refractivity contribution in [2.75, 3.05) is 39.1 Å². The van der Waals surface area contributed by atoms with Crippen molar-refractivity contribution in [2.45, 2.75) is 19.5 Å². The summed E-state index contributed by atoms with van der Waals surface area (Å²) in [7, 11) is 6.33. The van der Waals surface area contributed by atoms with E-state index in [1.807, 2.05) is 7.05 Å². The molecule has 0 spiro atoms. The van der Waals surface area contributed by atoms with Gasteiger partial charge in [0.2, 0.25) is 0 Å². The van der Waals surface area contributed by atoms with Crippen molar-refractivity contribution >= 4 is 21.6 Å². The lowest BCUT2D eigenvalue weighted by atomic mass is 10.1. The average Bonchev–Trinajstić information content (AvgIpc) is 2.74. The van der Waals surface area contributed by atoms with Crippen molar-refractivity contribution in [1.82, 2.24) is 10.2 Å². The molecule has 2 atom stereocenters. The number of rotatable bonds is 4. The van der Waals surface area contributed by atoms with Crippen LogP contribution in [0.5, 0.6) is 0 Å². The zero-order valence-electron chi connectivity index (χ0n) is 12.3. The van der Waals surface area contributed by atoms with Gasteiger partial charge in [0.15, 0.2) is 0 Å². The van der Waals surface area contributed by atoms with Crippen molar-refractivity contribution in [3.8, 4) is 0 Å². The van der Waals surface area contributed by atoms with E-state index in [9.17, 15) is 0 Å². The van der Waals surface area contributed by atoms with Gasteiger partial charge in [-0.05, 0) is 44.8 Å². The monoisotopic (exact) mass is 325 g/mol. The standard InChI is InChI=1S/C15H24BrN3/c1-11-9-19(10-15(11)18(3)4)13-6-5-12(8-17-2)14(16)7-13/h5-7,11,15,17H,8-10H2,1-4H3. The number of hydrogen-bond acceptors (Lipinski definition) is 3. The lowest BCUT2D eigenvalue weighted by Gasteiger charge is -2.23. The maximum atomic E-state index is 3.68. The second kappa shape index (κ2) is 6.25. The van der Waals surface area contributed by atoms with Crippen LogP contribution in [0.3, 0.4) is 0 Å². The number of anilines is 1.